The predicted molar refractivity (Wildman–Crippen MR) is 44.9 cm³/mol. The number of halogens is 4. The number of nitrogens with zero attached hydrogens (tertiary/aromatic N) is 2. The maximum absolute atomic E-state index is 12.5. The summed E-state index contributed by atoms with van der Waals surface area (Å²) in [5, 5.41) is 8.51. The van der Waals surface area contributed by atoms with Crippen molar-refractivity contribution in [2.24, 2.45) is 0 Å². The zero-order valence-corrected chi connectivity index (χ0v) is 7.68. The van der Waals surface area contributed by atoms with Crippen molar-refractivity contribution in [1.29, 1.82) is 5.26 Å². The summed E-state index contributed by atoms with van der Waals surface area (Å²) in [6.45, 7) is -1.31. The van der Waals surface area contributed by atoms with Crippen molar-refractivity contribution >= 4 is 5.69 Å². The number of hydrogen-bond acceptors (Lipinski definition) is 4. The Morgan fingerprint density at radius 3 is 2.56 bits per heavy atom. The van der Waals surface area contributed by atoms with Crippen LogP contribution in [0.2, 0.25) is 0 Å². The summed E-state index contributed by atoms with van der Waals surface area (Å²) >= 11 is 0. The molecule has 0 spiro atoms. The highest BCUT2D eigenvalue weighted by atomic mass is 19.4. The van der Waals surface area contributed by atoms with Crippen LogP contribution >= 0.6 is 0 Å². The summed E-state index contributed by atoms with van der Waals surface area (Å²) in [5.41, 5.74) is 4.08. The number of anilines is 1. The monoisotopic (exact) mass is 235 g/mol. The molecule has 0 atom stereocenters. The Kier molecular flexibility index (Phi) is 3.17. The van der Waals surface area contributed by atoms with Gasteiger partial charge >= 0.3 is 6.36 Å². The van der Waals surface area contributed by atoms with Crippen molar-refractivity contribution < 1.29 is 22.3 Å². The molecule has 86 valence electrons. The maximum Gasteiger partial charge on any atom is 0.574 e. The van der Waals surface area contributed by atoms with Crippen LogP contribution in [0.4, 0.5) is 23.2 Å². The molecule has 1 heterocycles. The topological polar surface area (TPSA) is 71.9 Å². The minimum absolute atomic E-state index is 0.206. The molecule has 0 fully saturated rings. The molecule has 8 heteroatoms. The zero-order chi connectivity index (χ0) is 12.3. The van der Waals surface area contributed by atoms with Crippen LogP contribution in [0.5, 0.6) is 5.88 Å². The Bertz CT molecular complexity index is 438. The lowest BCUT2D eigenvalue weighted by Crippen LogP contribution is -2.19. The van der Waals surface area contributed by atoms with Gasteiger partial charge in [0.15, 0.2) is 0 Å². The van der Waals surface area contributed by atoms with E-state index in [-0.39, 0.29) is 5.56 Å². The lowest BCUT2D eigenvalue weighted by Gasteiger charge is -2.12. The molecule has 0 aliphatic rings. The van der Waals surface area contributed by atoms with E-state index in [1.54, 1.807) is 6.07 Å². The fourth-order valence-corrected chi connectivity index (χ4v) is 0.964. The zero-order valence-electron chi connectivity index (χ0n) is 7.68. The van der Waals surface area contributed by atoms with Gasteiger partial charge in [-0.25, -0.2) is 9.37 Å². The first-order chi connectivity index (χ1) is 7.39. The first-order valence-electron chi connectivity index (χ1n) is 3.88. The predicted octanol–water partition coefficient (Wildman–Crippen LogP) is 1.90. The minimum atomic E-state index is -4.99. The largest absolute Gasteiger partial charge is 0.574 e. The van der Waals surface area contributed by atoms with E-state index in [0.717, 1.165) is 6.20 Å². The number of rotatable bonds is 2. The molecule has 0 bridgehead atoms. The Hall–Kier alpha value is -2.04. The second kappa shape index (κ2) is 4.22. The highest BCUT2D eigenvalue weighted by Crippen LogP contribution is 2.30. The Morgan fingerprint density at radius 2 is 2.12 bits per heavy atom. The van der Waals surface area contributed by atoms with Gasteiger partial charge in [-0.1, -0.05) is 0 Å². The number of nitriles is 1. The van der Waals surface area contributed by atoms with E-state index in [9.17, 15) is 17.6 Å². The molecule has 0 aromatic carbocycles. The number of ether oxygens (including phenoxy) is 1. The van der Waals surface area contributed by atoms with Gasteiger partial charge in [-0.2, -0.15) is 5.26 Å². The smallest absolute Gasteiger partial charge is 0.397 e. The number of nitrogen functional groups attached to an aromatic ring is 1. The van der Waals surface area contributed by atoms with Gasteiger partial charge in [0.05, 0.1) is 23.0 Å². The molecular formula is C8H5F4N3O. The van der Waals surface area contributed by atoms with E-state index < -0.39 is 30.2 Å². The van der Waals surface area contributed by atoms with Crippen molar-refractivity contribution in [2.45, 2.75) is 13.0 Å². The molecule has 1 rings (SSSR count). The van der Waals surface area contributed by atoms with E-state index in [1.165, 1.54) is 0 Å². The van der Waals surface area contributed by atoms with Crippen LogP contribution in [0, 0.1) is 11.3 Å². The van der Waals surface area contributed by atoms with Crippen LogP contribution in [0.15, 0.2) is 6.20 Å². The molecule has 4 nitrogen and oxygen atoms in total. The number of aromatic nitrogens is 1. The van der Waals surface area contributed by atoms with Crippen LogP contribution in [0.25, 0.3) is 0 Å². The molecule has 1 aromatic rings. The molecule has 0 aliphatic heterocycles. The van der Waals surface area contributed by atoms with Gasteiger partial charge in [0.25, 0.3) is 0 Å². The normalized spacial score (nSPS) is 10.9. The van der Waals surface area contributed by atoms with Gasteiger partial charge in [0, 0.05) is 0 Å². The highest BCUT2D eigenvalue weighted by Gasteiger charge is 2.33. The van der Waals surface area contributed by atoms with Crippen LogP contribution in [-0.2, 0) is 6.67 Å². The average Bonchev–Trinajstić information content (AvgIpc) is 2.16. The number of alkyl halides is 4. The van der Waals surface area contributed by atoms with Crippen LogP contribution in [-0.4, -0.2) is 11.3 Å². The summed E-state index contributed by atoms with van der Waals surface area (Å²) in [5.74, 6) is -0.980. The van der Waals surface area contributed by atoms with Crippen molar-refractivity contribution in [3.8, 4) is 11.9 Å². The third-order valence-corrected chi connectivity index (χ3v) is 1.65. The molecule has 2 N–H and O–H groups in total. The Labute approximate surface area is 87.3 Å². The first kappa shape index (κ1) is 12.0. The van der Waals surface area contributed by atoms with Gasteiger partial charge in [-0.3, -0.25) is 0 Å². The fraction of sp³-hybridized carbons (Fsp3) is 0.250. The van der Waals surface area contributed by atoms with Crippen molar-refractivity contribution in [2.75, 3.05) is 5.73 Å². The van der Waals surface area contributed by atoms with Gasteiger partial charge in [-0.15, -0.1) is 13.2 Å². The molecule has 0 aliphatic carbocycles. The quantitative estimate of drug-likeness (QED) is 0.794. The van der Waals surface area contributed by atoms with E-state index in [4.69, 9.17) is 11.0 Å². The van der Waals surface area contributed by atoms with Crippen LogP contribution < -0.4 is 10.5 Å². The Balaban J connectivity index is 3.22. The number of nitrogens with two attached hydrogens (primary N) is 1. The second-order valence-electron chi connectivity index (χ2n) is 2.66. The summed E-state index contributed by atoms with van der Waals surface area (Å²) in [6, 6.07) is 1.57. The van der Waals surface area contributed by atoms with Gasteiger partial charge < -0.3 is 10.5 Å². The standard InChI is InChI=1S/C8H5F4N3O/c9-1-5-6(14)4(2-13)3-15-7(5)16-8(10,11)12/h3H,1H2,(H2,14,15). The van der Waals surface area contributed by atoms with Crippen molar-refractivity contribution in [3.63, 3.8) is 0 Å². The number of pyridine rings is 1. The van der Waals surface area contributed by atoms with Gasteiger partial charge in [0.1, 0.15) is 12.7 Å². The molecule has 0 saturated carbocycles. The lowest BCUT2D eigenvalue weighted by atomic mass is 10.1. The highest BCUT2D eigenvalue weighted by molar-refractivity contribution is 5.61. The summed E-state index contributed by atoms with van der Waals surface area (Å²) in [4.78, 5) is 3.18. The maximum atomic E-state index is 12.5. The lowest BCUT2D eigenvalue weighted by molar-refractivity contribution is -0.276. The van der Waals surface area contributed by atoms with Crippen LogP contribution in [0.1, 0.15) is 11.1 Å². The summed E-state index contributed by atoms with van der Waals surface area (Å²) < 4.78 is 51.6. The van der Waals surface area contributed by atoms with Crippen molar-refractivity contribution in [3.05, 3.63) is 17.3 Å². The number of hydrogen-bond donors (Lipinski definition) is 1. The van der Waals surface area contributed by atoms with Gasteiger partial charge in [0.2, 0.25) is 5.88 Å². The molecule has 0 unspecified atom stereocenters. The molecule has 16 heavy (non-hydrogen) atoms. The fourth-order valence-electron chi connectivity index (χ4n) is 0.964. The molecule has 0 saturated heterocycles. The summed E-state index contributed by atoms with van der Waals surface area (Å²) in [7, 11) is 0. The summed E-state index contributed by atoms with van der Waals surface area (Å²) in [6.07, 6.45) is -4.20. The molecular weight excluding hydrogens is 230 g/mol. The third kappa shape index (κ3) is 2.50. The minimum Gasteiger partial charge on any atom is -0.397 e. The second-order valence-corrected chi connectivity index (χ2v) is 2.66. The molecule has 0 radical (unpaired) electrons. The SMILES string of the molecule is N#Cc1cnc(OC(F)(F)F)c(CF)c1N. The van der Waals surface area contributed by atoms with Gasteiger partial charge in [-0.05, 0) is 0 Å². The van der Waals surface area contributed by atoms with E-state index in [0.29, 0.717) is 0 Å². The molecule has 0 amide bonds. The van der Waals surface area contributed by atoms with E-state index >= 15 is 0 Å². The average molecular weight is 235 g/mol. The third-order valence-electron chi connectivity index (χ3n) is 1.65. The van der Waals surface area contributed by atoms with Crippen LogP contribution in [0.3, 0.4) is 0 Å². The first-order valence-corrected chi connectivity index (χ1v) is 3.88. The molecule has 1 aromatic heterocycles. The van der Waals surface area contributed by atoms with Crippen molar-refractivity contribution in [1.82, 2.24) is 4.98 Å². The Morgan fingerprint density at radius 1 is 1.50 bits per heavy atom. The van der Waals surface area contributed by atoms with E-state index in [2.05, 4.69) is 9.72 Å². The van der Waals surface area contributed by atoms with E-state index in [1.807, 2.05) is 0 Å².